The molecule has 3 heteroatoms. The van der Waals surface area contributed by atoms with E-state index in [9.17, 15) is 4.79 Å². The lowest BCUT2D eigenvalue weighted by Gasteiger charge is -2.24. The van der Waals surface area contributed by atoms with Gasteiger partial charge in [-0.2, -0.15) is 0 Å². The molecule has 1 rings (SSSR count). The Bertz CT molecular complexity index is 379. The molecule has 0 saturated carbocycles. The summed E-state index contributed by atoms with van der Waals surface area (Å²) in [7, 11) is 1.41. The topological polar surface area (TPSA) is 52.3 Å². The summed E-state index contributed by atoms with van der Waals surface area (Å²) in [5.74, 6) is -0.196. The first-order valence-corrected chi connectivity index (χ1v) is 5.86. The minimum atomic E-state index is -0.213. The van der Waals surface area contributed by atoms with Crippen molar-refractivity contribution in [2.75, 3.05) is 7.11 Å². The number of esters is 1. The van der Waals surface area contributed by atoms with Crippen molar-refractivity contribution in [3.63, 3.8) is 0 Å². The quantitative estimate of drug-likeness (QED) is 0.815. The van der Waals surface area contributed by atoms with Gasteiger partial charge in [0.15, 0.2) is 0 Å². The SMILES string of the molecule is COC(=O)CC(c1c(C)cccc1C)C(C)N. The molecule has 0 bridgehead atoms. The molecular formula is C14H21NO2. The van der Waals surface area contributed by atoms with Crippen LogP contribution in [0.25, 0.3) is 0 Å². The third kappa shape index (κ3) is 3.30. The van der Waals surface area contributed by atoms with Crippen molar-refractivity contribution in [3.05, 3.63) is 34.9 Å². The molecule has 0 heterocycles. The maximum atomic E-state index is 11.4. The number of carbonyl (C=O) groups excluding carboxylic acids is 1. The van der Waals surface area contributed by atoms with Gasteiger partial charge in [-0.1, -0.05) is 18.2 Å². The Morgan fingerprint density at radius 2 is 1.88 bits per heavy atom. The Balaban J connectivity index is 3.10. The number of nitrogens with two attached hydrogens (primary N) is 1. The number of ether oxygens (including phenoxy) is 1. The van der Waals surface area contributed by atoms with Gasteiger partial charge in [0.05, 0.1) is 13.5 Å². The molecular weight excluding hydrogens is 214 g/mol. The van der Waals surface area contributed by atoms with Crippen molar-refractivity contribution >= 4 is 5.97 Å². The van der Waals surface area contributed by atoms with Crippen molar-refractivity contribution in [2.24, 2.45) is 5.73 Å². The predicted octanol–water partition coefficient (Wildman–Crippen LogP) is 2.30. The number of carbonyl (C=O) groups is 1. The summed E-state index contributed by atoms with van der Waals surface area (Å²) < 4.78 is 4.74. The second-order valence-corrected chi connectivity index (χ2v) is 4.55. The fraction of sp³-hybridized carbons (Fsp3) is 0.500. The zero-order chi connectivity index (χ0) is 13.0. The lowest BCUT2D eigenvalue weighted by atomic mass is 9.84. The van der Waals surface area contributed by atoms with Crippen LogP contribution in [0.3, 0.4) is 0 Å². The van der Waals surface area contributed by atoms with E-state index in [1.54, 1.807) is 0 Å². The number of rotatable bonds is 4. The zero-order valence-electron chi connectivity index (χ0n) is 11.0. The number of hydrogen-bond acceptors (Lipinski definition) is 3. The summed E-state index contributed by atoms with van der Waals surface area (Å²) >= 11 is 0. The molecule has 1 aromatic rings. The van der Waals surface area contributed by atoms with E-state index >= 15 is 0 Å². The highest BCUT2D eigenvalue weighted by Gasteiger charge is 2.23. The Morgan fingerprint density at radius 3 is 2.29 bits per heavy atom. The third-order valence-electron chi connectivity index (χ3n) is 3.16. The first-order valence-electron chi connectivity index (χ1n) is 5.86. The Hall–Kier alpha value is -1.35. The molecule has 0 aliphatic heterocycles. The van der Waals surface area contributed by atoms with Gasteiger partial charge in [-0.3, -0.25) is 4.79 Å². The number of benzene rings is 1. The summed E-state index contributed by atoms with van der Waals surface area (Å²) in [6.45, 7) is 6.03. The fourth-order valence-corrected chi connectivity index (χ4v) is 2.23. The van der Waals surface area contributed by atoms with Gasteiger partial charge in [0.2, 0.25) is 0 Å². The van der Waals surface area contributed by atoms with E-state index in [1.807, 2.05) is 13.0 Å². The molecule has 0 radical (unpaired) electrons. The van der Waals surface area contributed by atoms with Gasteiger partial charge in [0.25, 0.3) is 0 Å². The van der Waals surface area contributed by atoms with Crippen LogP contribution in [0.1, 0.15) is 36.0 Å². The molecule has 2 unspecified atom stereocenters. The predicted molar refractivity (Wildman–Crippen MR) is 68.9 cm³/mol. The van der Waals surface area contributed by atoms with E-state index in [0.29, 0.717) is 6.42 Å². The highest BCUT2D eigenvalue weighted by atomic mass is 16.5. The minimum absolute atomic E-state index is 0.0173. The van der Waals surface area contributed by atoms with Gasteiger partial charge in [-0.25, -0.2) is 0 Å². The van der Waals surface area contributed by atoms with Gasteiger partial charge in [-0.05, 0) is 37.5 Å². The molecule has 0 aliphatic carbocycles. The second kappa shape index (κ2) is 5.82. The fourth-order valence-electron chi connectivity index (χ4n) is 2.23. The van der Waals surface area contributed by atoms with Gasteiger partial charge in [0.1, 0.15) is 0 Å². The molecule has 3 nitrogen and oxygen atoms in total. The maximum Gasteiger partial charge on any atom is 0.306 e. The van der Waals surface area contributed by atoms with Crippen LogP contribution in [-0.2, 0) is 9.53 Å². The van der Waals surface area contributed by atoms with Crippen LogP contribution in [-0.4, -0.2) is 19.1 Å². The highest BCUT2D eigenvalue weighted by molar-refractivity contribution is 5.70. The molecule has 0 aliphatic rings. The van der Waals surface area contributed by atoms with Gasteiger partial charge in [0, 0.05) is 12.0 Å². The lowest BCUT2D eigenvalue weighted by Crippen LogP contribution is -2.28. The summed E-state index contributed by atoms with van der Waals surface area (Å²) in [6, 6.07) is 6.04. The summed E-state index contributed by atoms with van der Waals surface area (Å²) in [5, 5.41) is 0. The van der Waals surface area contributed by atoms with Crippen molar-refractivity contribution in [1.82, 2.24) is 0 Å². The normalized spacial score (nSPS) is 14.2. The van der Waals surface area contributed by atoms with Crippen LogP contribution < -0.4 is 5.73 Å². The van der Waals surface area contributed by atoms with Crippen LogP contribution in [0.2, 0.25) is 0 Å². The minimum Gasteiger partial charge on any atom is -0.469 e. The smallest absolute Gasteiger partial charge is 0.306 e. The average molecular weight is 235 g/mol. The van der Waals surface area contributed by atoms with E-state index in [0.717, 1.165) is 0 Å². The Labute approximate surface area is 103 Å². The molecule has 0 saturated heterocycles. The molecule has 0 amide bonds. The molecule has 2 atom stereocenters. The van der Waals surface area contributed by atoms with Crippen molar-refractivity contribution < 1.29 is 9.53 Å². The Kier molecular flexibility index (Phi) is 4.70. The maximum absolute atomic E-state index is 11.4. The van der Waals surface area contributed by atoms with Gasteiger partial charge < -0.3 is 10.5 Å². The van der Waals surface area contributed by atoms with Crippen LogP contribution in [0.4, 0.5) is 0 Å². The zero-order valence-corrected chi connectivity index (χ0v) is 11.0. The highest BCUT2D eigenvalue weighted by Crippen LogP contribution is 2.29. The summed E-state index contributed by atoms with van der Waals surface area (Å²) in [4.78, 5) is 11.4. The molecule has 0 spiro atoms. The number of hydrogen-bond donors (Lipinski definition) is 1. The van der Waals surface area contributed by atoms with Crippen LogP contribution in [0.15, 0.2) is 18.2 Å². The van der Waals surface area contributed by atoms with E-state index in [2.05, 4.69) is 26.0 Å². The van der Waals surface area contributed by atoms with Crippen LogP contribution in [0, 0.1) is 13.8 Å². The first kappa shape index (κ1) is 13.7. The van der Waals surface area contributed by atoms with Crippen molar-refractivity contribution in [2.45, 2.75) is 39.2 Å². The summed E-state index contributed by atoms with van der Waals surface area (Å²) in [6.07, 6.45) is 0.333. The standard InChI is InChI=1S/C14H21NO2/c1-9-6-5-7-10(2)14(9)12(11(3)15)8-13(16)17-4/h5-7,11-12H,8,15H2,1-4H3. The molecule has 17 heavy (non-hydrogen) atoms. The third-order valence-corrected chi connectivity index (χ3v) is 3.16. The van der Waals surface area contributed by atoms with Crippen molar-refractivity contribution in [3.8, 4) is 0 Å². The molecule has 0 aromatic heterocycles. The van der Waals surface area contributed by atoms with E-state index in [4.69, 9.17) is 10.5 Å². The van der Waals surface area contributed by atoms with Crippen LogP contribution in [0.5, 0.6) is 0 Å². The number of aryl methyl sites for hydroxylation is 2. The van der Waals surface area contributed by atoms with Gasteiger partial charge >= 0.3 is 5.97 Å². The molecule has 1 aromatic carbocycles. The first-order chi connectivity index (χ1) is 7.97. The lowest BCUT2D eigenvalue weighted by molar-refractivity contribution is -0.141. The Morgan fingerprint density at radius 1 is 1.35 bits per heavy atom. The number of methoxy groups -OCH3 is 1. The second-order valence-electron chi connectivity index (χ2n) is 4.55. The van der Waals surface area contributed by atoms with Gasteiger partial charge in [-0.15, -0.1) is 0 Å². The summed E-state index contributed by atoms with van der Waals surface area (Å²) in [5.41, 5.74) is 9.53. The van der Waals surface area contributed by atoms with E-state index < -0.39 is 0 Å². The largest absolute Gasteiger partial charge is 0.469 e. The van der Waals surface area contributed by atoms with E-state index in [1.165, 1.54) is 23.8 Å². The van der Waals surface area contributed by atoms with Crippen LogP contribution >= 0.6 is 0 Å². The molecule has 2 N–H and O–H groups in total. The molecule has 94 valence electrons. The average Bonchev–Trinajstić information content (AvgIpc) is 2.26. The molecule has 0 fully saturated rings. The monoisotopic (exact) mass is 235 g/mol. The van der Waals surface area contributed by atoms with Crippen molar-refractivity contribution in [1.29, 1.82) is 0 Å². The van der Waals surface area contributed by atoms with E-state index in [-0.39, 0.29) is 17.9 Å².